The number of hydrogen-bond acceptors (Lipinski definition) is 7. The standard InChI is InChI=1S/C21H21O4P.C8H17NO2/c1-16-4-10-19(11-5-16)23-26(22,24-20-12-6-17(2)7-13-20)25-21-14-8-18(3)9-15-21;1-2-3-4-5-6-7-8-11-9-10/h4-15H,1-3H3;2-8H2,1H3. The van der Waals surface area contributed by atoms with Crippen LogP contribution in [-0.4, -0.2) is 6.61 Å². The average Bonchev–Trinajstić information content (AvgIpc) is 2.88. The molecule has 0 saturated heterocycles. The molecule has 0 fully saturated rings. The maximum Gasteiger partial charge on any atom is 0.647 e. The molecule has 3 aromatic rings. The molecule has 0 amide bonds. The third kappa shape index (κ3) is 12.5. The van der Waals surface area contributed by atoms with E-state index in [-0.39, 0.29) is 0 Å². The topological polar surface area (TPSA) is 83.4 Å². The first kappa shape index (κ1) is 29.9. The first-order chi connectivity index (χ1) is 17.8. The first-order valence-corrected chi connectivity index (χ1v) is 14.1. The highest BCUT2D eigenvalue weighted by atomic mass is 31.2. The SMILES string of the molecule is CCCCCCCCON=O.Cc1ccc(OP(=O)(Oc2ccc(C)cc2)Oc2ccc(C)cc2)cc1. The van der Waals surface area contributed by atoms with Crippen LogP contribution in [0.1, 0.15) is 62.1 Å². The maximum atomic E-state index is 13.3. The van der Waals surface area contributed by atoms with Crippen molar-refractivity contribution in [1.82, 2.24) is 0 Å². The second-order valence-electron chi connectivity index (χ2n) is 8.84. The molecule has 0 aliphatic rings. The fraction of sp³-hybridized carbons (Fsp3) is 0.379. The third-order valence-electron chi connectivity index (χ3n) is 5.36. The second kappa shape index (κ2) is 16.4. The summed E-state index contributed by atoms with van der Waals surface area (Å²) >= 11 is 0. The zero-order valence-electron chi connectivity index (χ0n) is 22.2. The molecule has 3 aromatic carbocycles. The van der Waals surface area contributed by atoms with Crippen molar-refractivity contribution < 1.29 is 23.0 Å². The Hall–Kier alpha value is -3.31. The van der Waals surface area contributed by atoms with Gasteiger partial charge in [0.1, 0.15) is 23.9 Å². The van der Waals surface area contributed by atoms with E-state index in [0.717, 1.165) is 29.5 Å². The van der Waals surface area contributed by atoms with Crippen molar-refractivity contribution in [3.05, 3.63) is 94.4 Å². The lowest BCUT2D eigenvalue weighted by atomic mass is 10.1. The average molecular weight is 528 g/mol. The molecule has 3 rings (SSSR count). The van der Waals surface area contributed by atoms with Gasteiger partial charge >= 0.3 is 7.82 Å². The molecule has 37 heavy (non-hydrogen) atoms. The Morgan fingerprint density at radius 3 is 1.30 bits per heavy atom. The fourth-order valence-electron chi connectivity index (χ4n) is 3.22. The minimum absolute atomic E-state index is 0.415. The Morgan fingerprint density at radius 1 is 0.595 bits per heavy atom. The predicted octanol–water partition coefficient (Wildman–Crippen LogP) is 9.30. The smallest absolute Gasteiger partial charge is 0.386 e. The molecule has 0 heterocycles. The highest BCUT2D eigenvalue weighted by Crippen LogP contribution is 2.49. The summed E-state index contributed by atoms with van der Waals surface area (Å²) in [6, 6.07) is 21.6. The van der Waals surface area contributed by atoms with Gasteiger partial charge < -0.3 is 18.4 Å². The summed E-state index contributed by atoms with van der Waals surface area (Å²) in [6.07, 6.45) is 7.23. The van der Waals surface area contributed by atoms with Gasteiger partial charge in [0.05, 0.1) is 0 Å². The van der Waals surface area contributed by atoms with E-state index < -0.39 is 7.82 Å². The predicted molar refractivity (Wildman–Crippen MR) is 148 cm³/mol. The zero-order valence-corrected chi connectivity index (χ0v) is 23.1. The van der Waals surface area contributed by atoms with Gasteiger partial charge in [0, 0.05) is 0 Å². The van der Waals surface area contributed by atoms with Crippen LogP contribution in [0.4, 0.5) is 0 Å². The number of rotatable bonds is 14. The van der Waals surface area contributed by atoms with Gasteiger partial charge in [-0.15, -0.1) is 4.91 Å². The number of nitrogens with zero attached hydrogens (tertiary/aromatic N) is 1. The zero-order chi connectivity index (χ0) is 26.9. The van der Waals surface area contributed by atoms with E-state index in [1.165, 1.54) is 25.7 Å². The molecule has 8 heteroatoms. The largest absolute Gasteiger partial charge is 0.647 e. The normalized spacial score (nSPS) is 10.6. The van der Waals surface area contributed by atoms with Crippen LogP contribution < -0.4 is 13.6 Å². The molecule has 0 saturated carbocycles. The first-order valence-electron chi connectivity index (χ1n) is 12.7. The fourth-order valence-corrected chi connectivity index (χ4v) is 4.48. The summed E-state index contributed by atoms with van der Waals surface area (Å²) in [5, 5.41) is 2.32. The van der Waals surface area contributed by atoms with Crippen LogP contribution in [0, 0.1) is 25.7 Å². The number of unbranched alkanes of at least 4 members (excludes halogenated alkanes) is 5. The van der Waals surface area contributed by atoms with Crippen molar-refractivity contribution in [2.45, 2.75) is 66.2 Å². The highest BCUT2D eigenvalue weighted by Gasteiger charge is 2.33. The Balaban J connectivity index is 0.000000371. The van der Waals surface area contributed by atoms with Gasteiger partial charge in [-0.1, -0.05) is 85.7 Å². The molecular formula is C29H38NO6P. The van der Waals surface area contributed by atoms with Gasteiger partial charge in [0.2, 0.25) is 0 Å². The number of hydrogen-bond donors (Lipinski definition) is 0. The van der Waals surface area contributed by atoms with Crippen LogP contribution in [0.5, 0.6) is 17.2 Å². The van der Waals surface area contributed by atoms with E-state index in [1.807, 2.05) is 57.2 Å². The highest BCUT2D eigenvalue weighted by molar-refractivity contribution is 7.49. The van der Waals surface area contributed by atoms with E-state index >= 15 is 0 Å². The molecule has 7 nitrogen and oxygen atoms in total. The van der Waals surface area contributed by atoms with Crippen LogP contribution in [-0.2, 0) is 9.40 Å². The Morgan fingerprint density at radius 2 is 0.946 bits per heavy atom. The Bertz CT molecular complexity index is 962. The molecular weight excluding hydrogens is 489 g/mol. The molecule has 0 N–H and O–H groups in total. The lowest BCUT2D eigenvalue weighted by Crippen LogP contribution is -2.07. The number of benzene rings is 3. The minimum atomic E-state index is -3.93. The molecule has 0 bridgehead atoms. The summed E-state index contributed by atoms with van der Waals surface area (Å²) in [5.41, 5.74) is 3.23. The van der Waals surface area contributed by atoms with Crippen LogP contribution in [0.25, 0.3) is 0 Å². The van der Waals surface area contributed by atoms with Crippen LogP contribution in [0.3, 0.4) is 0 Å². The van der Waals surface area contributed by atoms with E-state index in [1.54, 1.807) is 36.4 Å². The quantitative estimate of drug-likeness (QED) is 0.0899. The van der Waals surface area contributed by atoms with E-state index in [0.29, 0.717) is 23.9 Å². The lowest BCUT2D eigenvalue weighted by molar-refractivity contribution is 0.135. The summed E-state index contributed by atoms with van der Waals surface area (Å²) in [5.74, 6) is 1.24. The Kier molecular flexibility index (Phi) is 13.3. The minimum Gasteiger partial charge on any atom is -0.386 e. The van der Waals surface area contributed by atoms with Crippen molar-refractivity contribution in [1.29, 1.82) is 0 Å². The summed E-state index contributed by atoms with van der Waals surface area (Å²) in [4.78, 5) is 13.8. The van der Waals surface area contributed by atoms with E-state index in [2.05, 4.69) is 17.1 Å². The number of aryl methyl sites for hydroxylation is 3. The summed E-state index contributed by atoms with van der Waals surface area (Å²) in [6.45, 7) is 8.58. The molecule has 200 valence electrons. The van der Waals surface area contributed by atoms with Crippen LogP contribution >= 0.6 is 7.82 Å². The van der Waals surface area contributed by atoms with Crippen molar-refractivity contribution >= 4 is 7.82 Å². The molecule has 0 aliphatic heterocycles. The Labute approximate surface area is 220 Å². The number of phosphoric ester groups is 1. The van der Waals surface area contributed by atoms with Crippen molar-refractivity contribution in [2.24, 2.45) is 5.34 Å². The molecule has 0 spiro atoms. The van der Waals surface area contributed by atoms with Crippen LogP contribution in [0.2, 0.25) is 0 Å². The summed E-state index contributed by atoms with van der Waals surface area (Å²) < 4.78 is 30.2. The molecule has 0 unspecified atom stereocenters. The third-order valence-corrected chi connectivity index (χ3v) is 6.66. The van der Waals surface area contributed by atoms with Gasteiger partial charge in [0.15, 0.2) is 5.34 Å². The maximum absolute atomic E-state index is 13.3. The molecule has 0 aliphatic carbocycles. The van der Waals surface area contributed by atoms with Gasteiger partial charge in [-0.25, -0.2) is 0 Å². The molecule has 0 radical (unpaired) electrons. The monoisotopic (exact) mass is 527 g/mol. The lowest BCUT2D eigenvalue weighted by Gasteiger charge is -2.19. The molecule has 0 aromatic heterocycles. The van der Waals surface area contributed by atoms with Gasteiger partial charge in [-0.3, -0.25) is 0 Å². The number of phosphoric acid groups is 1. The van der Waals surface area contributed by atoms with Gasteiger partial charge in [-0.2, -0.15) is 4.57 Å². The van der Waals surface area contributed by atoms with Crippen molar-refractivity contribution in [3.8, 4) is 17.2 Å². The van der Waals surface area contributed by atoms with Gasteiger partial charge in [-0.05, 0) is 70.0 Å². The van der Waals surface area contributed by atoms with E-state index in [4.69, 9.17) is 13.6 Å². The van der Waals surface area contributed by atoms with E-state index in [9.17, 15) is 9.47 Å². The second-order valence-corrected chi connectivity index (χ2v) is 10.3. The summed E-state index contributed by atoms with van der Waals surface area (Å²) in [7, 11) is -3.93. The van der Waals surface area contributed by atoms with Crippen molar-refractivity contribution in [2.75, 3.05) is 6.61 Å². The van der Waals surface area contributed by atoms with Gasteiger partial charge in [0.25, 0.3) is 0 Å². The molecule has 0 atom stereocenters. The van der Waals surface area contributed by atoms with Crippen LogP contribution in [0.15, 0.2) is 78.1 Å². The van der Waals surface area contributed by atoms with Crippen molar-refractivity contribution in [3.63, 3.8) is 0 Å².